The summed E-state index contributed by atoms with van der Waals surface area (Å²) in [6, 6.07) is 5.99. The molecule has 2 heterocycles. The Morgan fingerprint density at radius 1 is 1.34 bits per heavy atom. The number of oxime groups is 1. The van der Waals surface area contributed by atoms with Crippen molar-refractivity contribution in [3.63, 3.8) is 0 Å². The lowest BCUT2D eigenvalue weighted by Gasteiger charge is -2.40. The second kappa shape index (κ2) is 8.79. The highest BCUT2D eigenvalue weighted by molar-refractivity contribution is 7.89. The second-order valence-corrected chi connectivity index (χ2v) is 9.78. The molecule has 0 N–H and O–H groups in total. The molecule has 1 fully saturated rings. The lowest BCUT2D eigenvalue weighted by Crippen LogP contribution is -2.52. The van der Waals surface area contributed by atoms with Crippen molar-refractivity contribution in [2.75, 3.05) is 25.4 Å². The van der Waals surface area contributed by atoms with Crippen LogP contribution in [0, 0.1) is 11.2 Å². The normalized spacial score (nSPS) is 25.3. The molecule has 1 saturated heterocycles. The number of esters is 1. The maximum atomic E-state index is 13.2. The first-order valence-electron chi connectivity index (χ1n) is 9.93. The summed E-state index contributed by atoms with van der Waals surface area (Å²) in [6.45, 7) is 4.05. The van der Waals surface area contributed by atoms with Crippen LogP contribution in [0.2, 0.25) is 0 Å². The van der Waals surface area contributed by atoms with Crippen LogP contribution < -0.4 is 0 Å². The largest absolute Gasteiger partial charge is 0.466 e. The highest BCUT2D eigenvalue weighted by Crippen LogP contribution is 2.39. The van der Waals surface area contributed by atoms with Gasteiger partial charge in [0, 0.05) is 25.9 Å². The monoisotopic (exact) mass is 426 g/mol. The third-order valence-corrected chi connectivity index (χ3v) is 7.37. The van der Waals surface area contributed by atoms with E-state index in [1.54, 1.807) is 26.0 Å². The van der Waals surface area contributed by atoms with E-state index in [2.05, 4.69) is 5.16 Å². The van der Waals surface area contributed by atoms with Crippen LogP contribution in [0.4, 0.5) is 4.39 Å². The van der Waals surface area contributed by atoms with Crippen molar-refractivity contribution in [1.82, 2.24) is 4.31 Å². The lowest BCUT2D eigenvalue weighted by molar-refractivity contribution is -0.160. The van der Waals surface area contributed by atoms with Crippen LogP contribution >= 0.6 is 0 Å². The molecule has 1 aromatic carbocycles. The first-order chi connectivity index (χ1) is 13.8. The Morgan fingerprint density at radius 2 is 2.07 bits per heavy atom. The number of benzene rings is 1. The van der Waals surface area contributed by atoms with E-state index in [-0.39, 0.29) is 30.8 Å². The number of halogens is 1. The van der Waals surface area contributed by atoms with Crippen molar-refractivity contribution >= 4 is 21.7 Å². The standard InChI is InChI=1S/C20H27FN2O5S/c1-3-27-19(24)20(10-5-11-23(14-20)29(25,26)4-2)13-17-12-18(22-28-17)15-6-8-16(21)9-7-15/h6-9,17H,3-5,10-14H2,1-2H3/t17-,20+/m1/s1. The highest BCUT2D eigenvalue weighted by Gasteiger charge is 2.48. The van der Waals surface area contributed by atoms with Gasteiger partial charge in [-0.15, -0.1) is 0 Å². The van der Waals surface area contributed by atoms with Gasteiger partial charge in [-0.2, -0.15) is 0 Å². The van der Waals surface area contributed by atoms with Crippen LogP contribution in [0.1, 0.15) is 45.1 Å². The van der Waals surface area contributed by atoms with Gasteiger partial charge in [0.05, 0.1) is 23.5 Å². The Kier molecular flexibility index (Phi) is 6.58. The molecule has 0 bridgehead atoms. The van der Waals surface area contributed by atoms with E-state index in [1.807, 2.05) is 0 Å². The molecule has 2 aliphatic rings. The van der Waals surface area contributed by atoms with E-state index in [0.717, 1.165) is 5.56 Å². The minimum Gasteiger partial charge on any atom is -0.466 e. The Bertz CT molecular complexity index is 871. The predicted molar refractivity (Wildman–Crippen MR) is 106 cm³/mol. The number of sulfonamides is 1. The summed E-state index contributed by atoms with van der Waals surface area (Å²) in [4.78, 5) is 18.5. The summed E-state index contributed by atoms with van der Waals surface area (Å²) < 4.78 is 44.7. The van der Waals surface area contributed by atoms with Gasteiger partial charge in [-0.05, 0) is 44.4 Å². The number of carbonyl (C=O) groups is 1. The van der Waals surface area contributed by atoms with E-state index in [9.17, 15) is 17.6 Å². The summed E-state index contributed by atoms with van der Waals surface area (Å²) in [5, 5.41) is 4.11. The summed E-state index contributed by atoms with van der Waals surface area (Å²) in [6.07, 6.45) is 1.52. The maximum Gasteiger partial charge on any atom is 0.313 e. The lowest BCUT2D eigenvalue weighted by atomic mass is 9.75. The average Bonchev–Trinajstić information content (AvgIpc) is 3.17. The van der Waals surface area contributed by atoms with E-state index >= 15 is 0 Å². The highest BCUT2D eigenvalue weighted by atomic mass is 32.2. The van der Waals surface area contributed by atoms with Gasteiger partial charge in [0.2, 0.25) is 10.0 Å². The summed E-state index contributed by atoms with van der Waals surface area (Å²) >= 11 is 0. The summed E-state index contributed by atoms with van der Waals surface area (Å²) in [5.41, 5.74) is 0.482. The van der Waals surface area contributed by atoms with Crippen LogP contribution in [0.5, 0.6) is 0 Å². The van der Waals surface area contributed by atoms with Gasteiger partial charge in [0.1, 0.15) is 11.9 Å². The quantitative estimate of drug-likeness (QED) is 0.626. The van der Waals surface area contributed by atoms with E-state index in [0.29, 0.717) is 37.9 Å². The fraction of sp³-hybridized carbons (Fsp3) is 0.600. The van der Waals surface area contributed by atoms with Gasteiger partial charge in [-0.3, -0.25) is 4.79 Å². The molecule has 7 nitrogen and oxygen atoms in total. The molecule has 0 aromatic heterocycles. The Labute approximate surface area is 170 Å². The van der Waals surface area contributed by atoms with Gasteiger partial charge < -0.3 is 9.57 Å². The van der Waals surface area contributed by atoms with E-state index in [4.69, 9.17) is 9.57 Å². The maximum absolute atomic E-state index is 13.2. The van der Waals surface area contributed by atoms with Crippen LogP contribution in [-0.2, 0) is 24.4 Å². The topological polar surface area (TPSA) is 85.3 Å². The van der Waals surface area contributed by atoms with Crippen molar-refractivity contribution in [2.45, 2.75) is 45.6 Å². The van der Waals surface area contributed by atoms with Gasteiger partial charge in [0.25, 0.3) is 0 Å². The molecular formula is C20H27FN2O5S. The third-order valence-electron chi connectivity index (χ3n) is 5.54. The van der Waals surface area contributed by atoms with E-state index in [1.165, 1.54) is 16.4 Å². The van der Waals surface area contributed by atoms with Crippen LogP contribution in [0.25, 0.3) is 0 Å². The van der Waals surface area contributed by atoms with Crippen molar-refractivity contribution in [3.05, 3.63) is 35.6 Å². The Hall–Kier alpha value is -2.00. The van der Waals surface area contributed by atoms with Crippen molar-refractivity contribution in [2.24, 2.45) is 10.6 Å². The number of ether oxygens (including phenoxy) is 1. The molecule has 160 valence electrons. The molecule has 0 amide bonds. The van der Waals surface area contributed by atoms with Crippen molar-refractivity contribution in [3.8, 4) is 0 Å². The van der Waals surface area contributed by atoms with Crippen LogP contribution in [0.15, 0.2) is 29.4 Å². The van der Waals surface area contributed by atoms with Gasteiger partial charge in [0.15, 0.2) is 0 Å². The molecule has 9 heteroatoms. The first kappa shape index (κ1) is 21.7. The molecule has 29 heavy (non-hydrogen) atoms. The van der Waals surface area contributed by atoms with E-state index < -0.39 is 21.4 Å². The zero-order valence-electron chi connectivity index (χ0n) is 16.8. The molecule has 0 unspecified atom stereocenters. The van der Waals surface area contributed by atoms with Crippen molar-refractivity contribution in [1.29, 1.82) is 0 Å². The fourth-order valence-electron chi connectivity index (χ4n) is 4.00. The molecule has 0 saturated carbocycles. The summed E-state index contributed by atoms with van der Waals surface area (Å²) in [5.74, 6) is -0.732. The van der Waals surface area contributed by atoms with Gasteiger partial charge in [-0.25, -0.2) is 17.1 Å². The molecule has 3 rings (SSSR count). The number of carbonyl (C=O) groups excluding carboxylic acids is 1. The average molecular weight is 427 g/mol. The minimum atomic E-state index is -3.41. The molecule has 2 aliphatic heterocycles. The number of piperidine rings is 1. The van der Waals surface area contributed by atoms with Gasteiger partial charge >= 0.3 is 5.97 Å². The second-order valence-electron chi connectivity index (χ2n) is 7.52. The SMILES string of the molecule is CCOC(=O)[C@]1(C[C@H]2CC(c3ccc(F)cc3)=NO2)CCCN(S(=O)(=O)CC)C1. The number of hydrogen-bond donors (Lipinski definition) is 0. The third kappa shape index (κ3) is 4.78. The smallest absolute Gasteiger partial charge is 0.313 e. The molecule has 0 aliphatic carbocycles. The summed E-state index contributed by atoms with van der Waals surface area (Å²) in [7, 11) is -3.41. The van der Waals surface area contributed by atoms with Crippen LogP contribution in [0.3, 0.4) is 0 Å². The van der Waals surface area contributed by atoms with Crippen LogP contribution in [-0.4, -0.2) is 56.0 Å². The molecule has 1 aromatic rings. The minimum absolute atomic E-state index is 0.0103. The van der Waals surface area contributed by atoms with Crippen molar-refractivity contribution < 1.29 is 27.2 Å². The molecule has 0 spiro atoms. The van der Waals surface area contributed by atoms with Gasteiger partial charge in [-0.1, -0.05) is 17.3 Å². The molecular weight excluding hydrogens is 399 g/mol. The number of rotatable bonds is 7. The Balaban J connectivity index is 1.76. The zero-order chi connectivity index (χ0) is 21.1. The predicted octanol–water partition coefficient (Wildman–Crippen LogP) is 2.70. The Morgan fingerprint density at radius 3 is 2.72 bits per heavy atom. The number of hydrogen-bond acceptors (Lipinski definition) is 6. The zero-order valence-corrected chi connectivity index (χ0v) is 17.6. The fourth-order valence-corrected chi connectivity index (χ4v) is 5.21. The first-order valence-corrected chi connectivity index (χ1v) is 11.5. The molecule has 0 radical (unpaired) electrons. The molecule has 2 atom stereocenters. The number of nitrogens with zero attached hydrogens (tertiary/aromatic N) is 2.